The number of para-hydroxylation sites is 2. The van der Waals surface area contributed by atoms with Gasteiger partial charge in [0.05, 0.1) is 13.7 Å². The first-order chi connectivity index (χ1) is 20.5. The van der Waals surface area contributed by atoms with E-state index in [1.54, 1.807) is 0 Å². The van der Waals surface area contributed by atoms with Crippen LogP contribution in [0.4, 0.5) is 0 Å². The van der Waals surface area contributed by atoms with Gasteiger partial charge in [0, 0.05) is 48.7 Å². The molecule has 0 saturated heterocycles. The van der Waals surface area contributed by atoms with Crippen LogP contribution in [0.5, 0.6) is 0 Å². The molecular formula is C37H28IrN2O2Si-2. The van der Waals surface area contributed by atoms with E-state index in [9.17, 15) is 0 Å². The Balaban J connectivity index is 0.000000168. The fourth-order valence-electron chi connectivity index (χ4n) is 5.19. The molecule has 4 heterocycles. The number of fused-ring (bicyclic) bond motifs is 6. The number of nitrogens with zero attached hydrogens (tertiary/aromatic N) is 2. The van der Waals surface area contributed by atoms with Crippen molar-refractivity contribution in [1.82, 2.24) is 9.97 Å². The van der Waals surface area contributed by atoms with Gasteiger partial charge in [-0.2, -0.15) is 0 Å². The van der Waals surface area contributed by atoms with Gasteiger partial charge >= 0.3 is 0 Å². The largest absolute Gasteiger partial charge is 0.501 e. The van der Waals surface area contributed by atoms with Gasteiger partial charge in [0.25, 0.3) is 0 Å². The number of hydrogen-bond donors (Lipinski definition) is 0. The molecule has 0 saturated carbocycles. The molecule has 0 atom stereocenters. The number of rotatable bonds is 3. The number of benzene rings is 4. The minimum Gasteiger partial charge on any atom is -0.501 e. The van der Waals surface area contributed by atoms with Crippen molar-refractivity contribution in [1.29, 1.82) is 0 Å². The maximum absolute atomic E-state index is 6.11. The van der Waals surface area contributed by atoms with Crippen molar-refractivity contribution < 1.29 is 28.9 Å². The van der Waals surface area contributed by atoms with Gasteiger partial charge in [-0.25, -0.2) is 0 Å². The van der Waals surface area contributed by atoms with E-state index in [0.29, 0.717) is 0 Å². The van der Waals surface area contributed by atoms with E-state index in [2.05, 4.69) is 66.0 Å². The topological polar surface area (TPSA) is 52.1 Å². The fourth-order valence-corrected chi connectivity index (χ4v) is 6.22. The van der Waals surface area contributed by atoms with Crippen LogP contribution in [0.3, 0.4) is 0 Å². The van der Waals surface area contributed by atoms with E-state index in [4.69, 9.17) is 8.83 Å². The second-order valence-electron chi connectivity index (χ2n) is 11.3. The molecule has 4 nitrogen and oxygen atoms in total. The molecule has 0 aliphatic carbocycles. The first kappa shape index (κ1) is 28.8. The molecule has 6 heteroatoms. The first-order valence-corrected chi connectivity index (χ1v) is 17.5. The summed E-state index contributed by atoms with van der Waals surface area (Å²) < 4.78 is 12.1. The number of pyridine rings is 2. The summed E-state index contributed by atoms with van der Waals surface area (Å²) in [4.78, 5) is 9.19. The second kappa shape index (κ2) is 11.7. The van der Waals surface area contributed by atoms with Gasteiger partial charge in [-0.05, 0) is 34.8 Å². The van der Waals surface area contributed by atoms with E-state index < -0.39 is 8.07 Å². The molecule has 0 spiro atoms. The van der Waals surface area contributed by atoms with Crippen molar-refractivity contribution in [3.8, 4) is 22.5 Å². The standard InChI is InChI=1S/C23H12NO2.C14H16NSi.Ir/c1-4-11-21-14(6-1)16-8-5-9-17(23(16)26-21)19-12-22-18(13-24-19)15-7-2-3-10-20(15)25-22;1-16(2,3)13-9-10-14(15-11-13)12-7-5-4-6-8-12;/h1-8,10-13H;4-7,9-11H,1-3H3;/q2*-1;. The van der Waals surface area contributed by atoms with Crippen LogP contribution in [0.2, 0.25) is 19.6 Å². The van der Waals surface area contributed by atoms with Crippen LogP contribution < -0.4 is 5.19 Å². The van der Waals surface area contributed by atoms with Gasteiger partial charge in [0.15, 0.2) is 0 Å². The SMILES string of the molecule is C[Si](C)(C)c1ccc(-c2[c-]cccc2)nc1.[Ir].[c-]1ccc2c(oc3ccccc32)c1-c1cc2oc3ccccc3c2cn1. The Morgan fingerprint density at radius 3 is 1.98 bits per heavy atom. The number of aromatic nitrogens is 2. The Morgan fingerprint density at radius 2 is 1.28 bits per heavy atom. The summed E-state index contributed by atoms with van der Waals surface area (Å²) in [5.74, 6) is 0. The fraction of sp³-hybridized carbons (Fsp3) is 0.0811. The average molecular weight is 753 g/mol. The monoisotopic (exact) mass is 753 g/mol. The quantitative estimate of drug-likeness (QED) is 0.133. The molecule has 8 aromatic rings. The van der Waals surface area contributed by atoms with Crippen molar-refractivity contribution in [2.75, 3.05) is 0 Å². The van der Waals surface area contributed by atoms with Crippen LogP contribution in [-0.4, -0.2) is 18.0 Å². The third-order valence-electron chi connectivity index (χ3n) is 7.47. The van der Waals surface area contributed by atoms with Crippen molar-refractivity contribution in [2.24, 2.45) is 0 Å². The van der Waals surface area contributed by atoms with Crippen molar-refractivity contribution in [3.05, 3.63) is 128 Å². The molecule has 0 unspecified atom stereocenters. The molecule has 1 radical (unpaired) electrons. The van der Waals surface area contributed by atoms with Gasteiger partial charge in [-0.1, -0.05) is 79.1 Å². The molecule has 43 heavy (non-hydrogen) atoms. The molecule has 4 aromatic heterocycles. The van der Waals surface area contributed by atoms with E-state index >= 15 is 0 Å². The second-order valence-corrected chi connectivity index (χ2v) is 16.4. The maximum Gasteiger partial charge on any atom is 0.135 e. The van der Waals surface area contributed by atoms with Gasteiger partial charge < -0.3 is 18.8 Å². The Hall–Kier alpha value is -4.35. The van der Waals surface area contributed by atoms with E-state index in [-0.39, 0.29) is 20.1 Å². The van der Waals surface area contributed by atoms with E-state index in [1.807, 2.05) is 91.3 Å². The van der Waals surface area contributed by atoms with Crippen LogP contribution in [0, 0.1) is 12.1 Å². The van der Waals surface area contributed by atoms with Crippen molar-refractivity contribution in [2.45, 2.75) is 19.6 Å². The van der Waals surface area contributed by atoms with Gasteiger partial charge in [-0.3, -0.25) is 0 Å². The Labute approximate surface area is 264 Å². The molecule has 8 rings (SSSR count). The molecule has 0 amide bonds. The third-order valence-corrected chi connectivity index (χ3v) is 9.50. The summed E-state index contributed by atoms with van der Waals surface area (Å²) in [5, 5.41) is 5.66. The summed E-state index contributed by atoms with van der Waals surface area (Å²) in [6, 6.07) is 40.7. The minimum absolute atomic E-state index is 0. The summed E-state index contributed by atoms with van der Waals surface area (Å²) in [7, 11) is -1.23. The first-order valence-electron chi connectivity index (χ1n) is 14.0. The van der Waals surface area contributed by atoms with Gasteiger partial charge in [-0.15, -0.1) is 54.1 Å². The number of furan rings is 2. The zero-order chi connectivity index (χ0) is 28.7. The zero-order valence-electron chi connectivity index (χ0n) is 24.0. The van der Waals surface area contributed by atoms with Crippen LogP contribution >= 0.6 is 0 Å². The summed E-state index contributed by atoms with van der Waals surface area (Å²) >= 11 is 0. The predicted molar refractivity (Wildman–Crippen MR) is 175 cm³/mol. The summed E-state index contributed by atoms with van der Waals surface area (Å²) in [6.45, 7) is 7.00. The van der Waals surface area contributed by atoms with E-state index in [0.717, 1.165) is 66.4 Å². The zero-order valence-corrected chi connectivity index (χ0v) is 27.4. The summed E-state index contributed by atoms with van der Waals surface area (Å²) in [6.07, 6.45) is 3.88. The van der Waals surface area contributed by atoms with Crippen LogP contribution in [0.15, 0.2) is 124 Å². The smallest absolute Gasteiger partial charge is 0.135 e. The van der Waals surface area contributed by atoms with Crippen LogP contribution in [-0.2, 0) is 20.1 Å². The maximum atomic E-state index is 6.11. The van der Waals surface area contributed by atoms with Crippen LogP contribution in [0.25, 0.3) is 66.4 Å². The average Bonchev–Trinajstić information content (AvgIpc) is 3.59. The molecule has 0 fully saturated rings. The molecular weight excluding hydrogens is 725 g/mol. The predicted octanol–water partition coefficient (Wildman–Crippen LogP) is 9.44. The van der Waals surface area contributed by atoms with Crippen LogP contribution in [0.1, 0.15) is 0 Å². The molecule has 0 aliphatic heterocycles. The van der Waals surface area contributed by atoms with Crippen molar-refractivity contribution >= 4 is 57.1 Å². The van der Waals surface area contributed by atoms with Gasteiger partial charge in [0.1, 0.15) is 16.7 Å². The normalized spacial score (nSPS) is 11.4. The summed E-state index contributed by atoms with van der Waals surface area (Å²) in [5.41, 5.74) is 7.06. The molecule has 0 aliphatic rings. The minimum atomic E-state index is -1.23. The molecule has 0 N–H and O–H groups in total. The number of hydrogen-bond acceptors (Lipinski definition) is 4. The Kier molecular flexibility index (Phi) is 7.84. The molecule has 0 bridgehead atoms. The third kappa shape index (κ3) is 5.57. The Morgan fingerprint density at radius 1 is 0.581 bits per heavy atom. The van der Waals surface area contributed by atoms with E-state index in [1.165, 1.54) is 5.19 Å². The Bertz CT molecular complexity index is 2180. The molecule has 4 aromatic carbocycles. The van der Waals surface area contributed by atoms with Gasteiger partial charge in [0.2, 0.25) is 0 Å². The van der Waals surface area contributed by atoms with Crippen molar-refractivity contribution in [3.63, 3.8) is 0 Å². The molecule has 213 valence electrons.